The number of aromatic nitrogens is 3. The van der Waals surface area contributed by atoms with Gasteiger partial charge in [0, 0.05) is 5.69 Å². The molecule has 19 heavy (non-hydrogen) atoms. The van der Waals surface area contributed by atoms with E-state index in [1.54, 1.807) is 0 Å². The first-order chi connectivity index (χ1) is 9.15. The maximum Gasteiger partial charge on any atom is 0.202 e. The van der Waals surface area contributed by atoms with E-state index in [1.807, 2.05) is 35.8 Å². The van der Waals surface area contributed by atoms with Crippen molar-refractivity contribution in [2.24, 2.45) is 0 Å². The molecule has 4 heteroatoms. The highest BCUT2D eigenvalue weighted by Gasteiger charge is 2.10. The monoisotopic (exact) mass is 252 g/mol. The van der Waals surface area contributed by atoms with Crippen LogP contribution in [0.2, 0.25) is 0 Å². The van der Waals surface area contributed by atoms with Gasteiger partial charge in [-0.15, -0.1) is 0 Å². The number of fused-ring (bicyclic) bond motifs is 1. The number of anilines is 1. The van der Waals surface area contributed by atoms with Crippen LogP contribution in [-0.2, 0) is 6.54 Å². The van der Waals surface area contributed by atoms with Crippen molar-refractivity contribution in [3.05, 3.63) is 53.2 Å². The highest BCUT2D eigenvalue weighted by atomic mass is 15.2. The summed E-state index contributed by atoms with van der Waals surface area (Å²) in [5.74, 6) is 0.511. The van der Waals surface area contributed by atoms with Crippen LogP contribution in [0.1, 0.15) is 16.8 Å². The van der Waals surface area contributed by atoms with Gasteiger partial charge in [0.05, 0.1) is 6.54 Å². The second-order valence-corrected chi connectivity index (χ2v) is 4.78. The highest BCUT2D eigenvalue weighted by molar-refractivity contribution is 5.74. The van der Waals surface area contributed by atoms with Crippen molar-refractivity contribution in [2.45, 2.75) is 20.4 Å². The predicted molar refractivity (Wildman–Crippen MR) is 77.0 cm³/mol. The van der Waals surface area contributed by atoms with Gasteiger partial charge in [0.1, 0.15) is 5.52 Å². The van der Waals surface area contributed by atoms with Gasteiger partial charge in [-0.3, -0.25) is 4.57 Å². The number of nitrogens with zero attached hydrogens (tertiary/aromatic N) is 3. The van der Waals surface area contributed by atoms with Crippen molar-refractivity contribution in [3.63, 3.8) is 0 Å². The van der Waals surface area contributed by atoms with Crippen molar-refractivity contribution in [3.8, 4) is 0 Å². The van der Waals surface area contributed by atoms with E-state index in [0.29, 0.717) is 12.5 Å². The summed E-state index contributed by atoms with van der Waals surface area (Å²) in [7, 11) is 0. The molecule has 3 aromatic rings. The summed E-state index contributed by atoms with van der Waals surface area (Å²) >= 11 is 0. The number of nitrogens with two attached hydrogens (primary N) is 1. The molecule has 0 aliphatic carbocycles. The average molecular weight is 252 g/mol. The Morgan fingerprint density at radius 3 is 2.63 bits per heavy atom. The SMILES string of the molecule is Cc1ccc2nc(N)n(Cc3ccccc3C)c2n1. The minimum Gasteiger partial charge on any atom is -0.369 e. The Balaban J connectivity index is 2.12. The summed E-state index contributed by atoms with van der Waals surface area (Å²) in [6.07, 6.45) is 0. The molecule has 0 spiro atoms. The molecular formula is C15H16N4. The van der Waals surface area contributed by atoms with Gasteiger partial charge in [-0.05, 0) is 37.1 Å². The average Bonchev–Trinajstić information content (AvgIpc) is 2.69. The molecule has 0 atom stereocenters. The van der Waals surface area contributed by atoms with E-state index in [9.17, 15) is 0 Å². The van der Waals surface area contributed by atoms with Gasteiger partial charge in [-0.25, -0.2) is 9.97 Å². The summed E-state index contributed by atoms with van der Waals surface area (Å²) in [4.78, 5) is 8.90. The van der Waals surface area contributed by atoms with Crippen molar-refractivity contribution >= 4 is 17.1 Å². The fourth-order valence-corrected chi connectivity index (χ4v) is 2.23. The highest BCUT2D eigenvalue weighted by Crippen LogP contribution is 2.19. The Kier molecular flexibility index (Phi) is 2.71. The third kappa shape index (κ3) is 2.05. The molecule has 4 nitrogen and oxygen atoms in total. The van der Waals surface area contributed by atoms with Gasteiger partial charge in [-0.1, -0.05) is 24.3 Å². The third-order valence-electron chi connectivity index (χ3n) is 3.35. The minimum absolute atomic E-state index is 0.511. The van der Waals surface area contributed by atoms with E-state index in [4.69, 9.17) is 5.73 Å². The van der Waals surface area contributed by atoms with Gasteiger partial charge < -0.3 is 5.73 Å². The number of hydrogen-bond acceptors (Lipinski definition) is 3. The number of aryl methyl sites for hydroxylation is 2. The zero-order valence-corrected chi connectivity index (χ0v) is 11.1. The number of pyridine rings is 1. The fourth-order valence-electron chi connectivity index (χ4n) is 2.23. The van der Waals surface area contributed by atoms with Gasteiger partial charge in [-0.2, -0.15) is 0 Å². The lowest BCUT2D eigenvalue weighted by molar-refractivity contribution is 0.820. The molecule has 2 heterocycles. The maximum absolute atomic E-state index is 6.01. The number of imidazole rings is 1. The Morgan fingerprint density at radius 2 is 1.84 bits per heavy atom. The second kappa shape index (κ2) is 4.39. The minimum atomic E-state index is 0.511. The zero-order chi connectivity index (χ0) is 13.4. The van der Waals surface area contributed by atoms with Crippen LogP contribution in [-0.4, -0.2) is 14.5 Å². The fraction of sp³-hybridized carbons (Fsp3) is 0.200. The predicted octanol–water partition coefficient (Wildman–Crippen LogP) is 2.68. The van der Waals surface area contributed by atoms with Gasteiger partial charge in [0.2, 0.25) is 5.95 Å². The Hall–Kier alpha value is -2.36. The van der Waals surface area contributed by atoms with Crippen molar-refractivity contribution in [2.75, 3.05) is 5.73 Å². The normalized spacial score (nSPS) is 11.1. The van der Waals surface area contributed by atoms with Gasteiger partial charge in [0.25, 0.3) is 0 Å². The second-order valence-electron chi connectivity index (χ2n) is 4.78. The molecule has 3 rings (SSSR count). The molecule has 0 saturated heterocycles. The molecule has 2 aromatic heterocycles. The van der Waals surface area contributed by atoms with E-state index in [2.05, 4.69) is 29.0 Å². The third-order valence-corrected chi connectivity index (χ3v) is 3.35. The molecule has 2 N–H and O–H groups in total. The lowest BCUT2D eigenvalue weighted by Gasteiger charge is -2.08. The molecule has 0 radical (unpaired) electrons. The number of benzene rings is 1. The summed E-state index contributed by atoms with van der Waals surface area (Å²) in [5.41, 5.74) is 11.2. The molecule has 0 fully saturated rings. The van der Waals surface area contributed by atoms with Crippen molar-refractivity contribution in [1.82, 2.24) is 14.5 Å². The van der Waals surface area contributed by atoms with Crippen molar-refractivity contribution < 1.29 is 0 Å². The van der Waals surface area contributed by atoms with Crippen LogP contribution in [0, 0.1) is 13.8 Å². The van der Waals surface area contributed by atoms with Crippen LogP contribution >= 0.6 is 0 Å². The van der Waals surface area contributed by atoms with Crippen LogP contribution in [0.25, 0.3) is 11.2 Å². The number of hydrogen-bond donors (Lipinski definition) is 1. The summed E-state index contributed by atoms with van der Waals surface area (Å²) in [6.45, 7) is 4.77. The first-order valence-electron chi connectivity index (χ1n) is 6.29. The molecule has 0 amide bonds. The molecule has 0 bridgehead atoms. The van der Waals surface area contributed by atoms with Crippen LogP contribution in [0.5, 0.6) is 0 Å². The zero-order valence-electron chi connectivity index (χ0n) is 11.1. The van der Waals surface area contributed by atoms with E-state index < -0.39 is 0 Å². The van der Waals surface area contributed by atoms with Crippen LogP contribution in [0.15, 0.2) is 36.4 Å². The Morgan fingerprint density at radius 1 is 1.05 bits per heavy atom. The lowest BCUT2D eigenvalue weighted by Crippen LogP contribution is -2.06. The lowest BCUT2D eigenvalue weighted by atomic mass is 10.1. The number of rotatable bonds is 2. The van der Waals surface area contributed by atoms with Gasteiger partial charge >= 0.3 is 0 Å². The van der Waals surface area contributed by atoms with Gasteiger partial charge in [0.15, 0.2) is 5.65 Å². The largest absolute Gasteiger partial charge is 0.369 e. The Labute approximate surface area is 111 Å². The topological polar surface area (TPSA) is 56.7 Å². The summed E-state index contributed by atoms with van der Waals surface area (Å²) < 4.78 is 1.96. The quantitative estimate of drug-likeness (QED) is 0.763. The van der Waals surface area contributed by atoms with Crippen molar-refractivity contribution in [1.29, 1.82) is 0 Å². The van der Waals surface area contributed by atoms with Crippen LogP contribution in [0.4, 0.5) is 5.95 Å². The summed E-state index contributed by atoms with van der Waals surface area (Å²) in [5, 5.41) is 0. The van der Waals surface area contributed by atoms with E-state index in [1.165, 1.54) is 11.1 Å². The summed E-state index contributed by atoms with van der Waals surface area (Å²) in [6, 6.07) is 12.2. The smallest absolute Gasteiger partial charge is 0.202 e. The maximum atomic E-state index is 6.01. The van der Waals surface area contributed by atoms with E-state index in [0.717, 1.165) is 16.9 Å². The molecule has 96 valence electrons. The Bertz CT molecular complexity index is 743. The van der Waals surface area contributed by atoms with Crippen LogP contribution in [0.3, 0.4) is 0 Å². The first-order valence-corrected chi connectivity index (χ1v) is 6.29. The molecular weight excluding hydrogens is 236 g/mol. The van der Waals surface area contributed by atoms with E-state index in [-0.39, 0.29) is 0 Å². The van der Waals surface area contributed by atoms with Crippen LogP contribution < -0.4 is 5.73 Å². The molecule has 1 aromatic carbocycles. The molecule has 0 unspecified atom stereocenters. The first kappa shape index (κ1) is 11.7. The standard InChI is InChI=1S/C15H16N4/c1-10-5-3-4-6-12(10)9-19-14-13(18-15(19)16)8-7-11(2)17-14/h3-8H,9H2,1-2H3,(H2,16,18). The van der Waals surface area contributed by atoms with E-state index >= 15 is 0 Å². The number of nitrogen functional groups attached to an aromatic ring is 1. The molecule has 0 aliphatic heterocycles. The molecule has 0 aliphatic rings. The molecule has 0 saturated carbocycles.